The minimum atomic E-state index is 0.178. The molecule has 1 N–H and O–H groups in total. The monoisotopic (exact) mass is 454 g/mol. The molecule has 0 saturated heterocycles. The standard InChI is InChI=1S/C16H21Br2ClO3/c1-11(2)13-9-12(21-8-5-15(17)18)10-14(19)16(13)22-7-4-3-6-20/h5,9-11,20H,3-4,6-8H2,1-2H3. The fraction of sp³-hybridized carbons (Fsp3) is 0.500. The fourth-order valence-corrected chi connectivity index (χ4v) is 2.38. The Morgan fingerprint density at radius 1 is 1.27 bits per heavy atom. The van der Waals surface area contributed by atoms with E-state index in [9.17, 15) is 0 Å². The second-order valence-corrected chi connectivity index (χ2v) is 8.24. The summed E-state index contributed by atoms with van der Waals surface area (Å²) in [5, 5.41) is 9.36. The molecular weight excluding hydrogens is 435 g/mol. The molecule has 1 rings (SSSR count). The fourth-order valence-electron chi connectivity index (χ4n) is 1.84. The van der Waals surface area contributed by atoms with E-state index in [0.717, 1.165) is 21.8 Å². The Bertz CT molecular complexity index is 500. The van der Waals surface area contributed by atoms with Crippen molar-refractivity contribution in [2.45, 2.75) is 32.6 Å². The zero-order valence-corrected chi connectivity index (χ0v) is 16.7. The first kappa shape index (κ1) is 19.8. The summed E-state index contributed by atoms with van der Waals surface area (Å²) in [4.78, 5) is 0. The van der Waals surface area contributed by atoms with Crippen LogP contribution in [0.25, 0.3) is 0 Å². The Hall–Kier alpha value is -0.230. The van der Waals surface area contributed by atoms with Gasteiger partial charge in [0.05, 0.1) is 15.0 Å². The lowest BCUT2D eigenvalue weighted by Gasteiger charge is -2.17. The molecule has 0 amide bonds. The van der Waals surface area contributed by atoms with Gasteiger partial charge < -0.3 is 14.6 Å². The van der Waals surface area contributed by atoms with Crippen LogP contribution in [-0.2, 0) is 0 Å². The molecule has 0 bridgehead atoms. The maximum Gasteiger partial charge on any atom is 0.141 e. The van der Waals surface area contributed by atoms with Crippen molar-refractivity contribution in [2.24, 2.45) is 0 Å². The molecule has 0 spiro atoms. The molecule has 0 aliphatic rings. The topological polar surface area (TPSA) is 38.7 Å². The van der Waals surface area contributed by atoms with Gasteiger partial charge in [-0.3, -0.25) is 0 Å². The highest BCUT2D eigenvalue weighted by Crippen LogP contribution is 2.37. The summed E-state index contributed by atoms with van der Waals surface area (Å²) in [5.41, 5.74) is 1.02. The van der Waals surface area contributed by atoms with Gasteiger partial charge in [-0.15, -0.1) is 0 Å². The molecule has 0 heterocycles. The highest BCUT2D eigenvalue weighted by atomic mass is 79.9. The van der Waals surface area contributed by atoms with E-state index in [1.807, 2.05) is 12.1 Å². The van der Waals surface area contributed by atoms with Crippen molar-refractivity contribution < 1.29 is 14.6 Å². The van der Waals surface area contributed by atoms with E-state index in [1.54, 1.807) is 6.07 Å². The van der Waals surface area contributed by atoms with Crippen LogP contribution in [0.1, 0.15) is 38.2 Å². The van der Waals surface area contributed by atoms with Crippen molar-refractivity contribution in [3.8, 4) is 11.5 Å². The summed E-state index contributed by atoms with van der Waals surface area (Å²) in [6, 6.07) is 3.73. The van der Waals surface area contributed by atoms with E-state index in [4.69, 9.17) is 26.2 Å². The largest absolute Gasteiger partial charge is 0.492 e. The first-order chi connectivity index (χ1) is 10.5. The van der Waals surface area contributed by atoms with Gasteiger partial charge in [0.25, 0.3) is 0 Å². The molecule has 0 fully saturated rings. The van der Waals surface area contributed by atoms with E-state index >= 15 is 0 Å². The lowest BCUT2D eigenvalue weighted by molar-refractivity contribution is 0.251. The van der Waals surface area contributed by atoms with Crippen LogP contribution in [-0.4, -0.2) is 24.9 Å². The molecule has 1 aromatic carbocycles. The smallest absolute Gasteiger partial charge is 0.141 e. The van der Waals surface area contributed by atoms with Crippen molar-refractivity contribution in [3.63, 3.8) is 0 Å². The molecule has 22 heavy (non-hydrogen) atoms. The van der Waals surface area contributed by atoms with Crippen molar-refractivity contribution in [1.29, 1.82) is 0 Å². The third kappa shape index (κ3) is 6.90. The molecule has 0 unspecified atom stereocenters. The number of aliphatic hydroxyl groups is 1. The highest BCUT2D eigenvalue weighted by molar-refractivity contribution is 9.28. The van der Waals surface area contributed by atoms with Gasteiger partial charge >= 0.3 is 0 Å². The van der Waals surface area contributed by atoms with Crippen LogP contribution in [0.15, 0.2) is 21.6 Å². The molecule has 0 atom stereocenters. The van der Waals surface area contributed by atoms with Gasteiger partial charge in [0.1, 0.15) is 18.1 Å². The minimum absolute atomic E-state index is 0.178. The Balaban J connectivity index is 2.86. The first-order valence-corrected chi connectivity index (χ1v) is 9.13. The first-order valence-electron chi connectivity index (χ1n) is 7.16. The van der Waals surface area contributed by atoms with Crippen LogP contribution in [0.2, 0.25) is 5.02 Å². The molecule has 124 valence electrons. The molecule has 0 aliphatic carbocycles. The van der Waals surface area contributed by atoms with Crippen LogP contribution in [0, 0.1) is 0 Å². The number of halogens is 3. The summed E-state index contributed by atoms with van der Waals surface area (Å²) in [6.45, 7) is 5.34. The van der Waals surface area contributed by atoms with Gasteiger partial charge in [0, 0.05) is 18.2 Å². The third-order valence-electron chi connectivity index (χ3n) is 2.95. The average molecular weight is 457 g/mol. The summed E-state index contributed by atoms with van der Waals surface area (Å²) in [7, 11) is 0. The second-order valence-electron chi connectivity index (χ2n) is 5.06. The van der Waals surface area contributed by atoms with Crippen molar-refractivity contribution in [2.75, 3.05) is 19.8 Å². The van der Waals surface area contributed by atoms with E-state index in [-0.39, 0.29) is 12.5 Å². The van der Waals surface area contributed by atoms with Gasteiger partial charge in [0.15, 0.2) is 0 Å². The molecule has 0 aromatic heterocycles. The van der Waals surface area contributed by atoms with Gasteiger partial charge in [-0.2, -0.15) is 0 Å². The SMILES string of the molecule is CC(C)c1cc(OCC=C(Br)Br)cc(Cl)c1OCCCCO. The predicted octanol–water partition coefficient (Wildman–Crippen LogP) is 5.62. The van der Waals surface area contributed by atoms with Gasteiger partial charge in [-0.25, -0.2) is 0 Å². The van der Waals surface area contributed by atoms with Gasteiger partial charge in [-0.1, -0.05) is 25.4 Å². The molecule has 0 aliphatic heterocycles. The van der Waals surface area contributed by atoms with Crippen molar-refractivity contribution in [3.05, 3.63) is 32.2 Å². The summed E-state index contributed by atoms with van der Waals surface area (Å²) in [6.07, 6.45) is 3.39. The zero-order chi connectivity index (χ0) is 16.5. The Morgan fingerprint density at radius 2 is 2.00 bits per heavy atom. The quantitative estimate of drug-likeness (QED) is 0.490. The summed E-state index contributed by atoms with van der Waals surface area (Å²) >= 11 is 12.9. The summed E-state index contributed by atoms with van der Waals surface area (Å²) < 4.78 is 12.3. The molecular formula is C16H21Br2ClO3. The second kappa shape index (κ2) is 10.5. The van der Waals surface area contributed by atoms with Crippen LogP contribution >= 0.6 is 43.5 Å². The Kier molecular flexibility index (Phi) is 9.48. The molecule has 0 radical (unpaired) electrons. The van der Waals surface area contributed by atoms with E-state index in [2.05, 4.69) is 45.7 Å². The number of hydrogen-bond donors (Lipinski definition) is 1. The Morgan fingerprint density at radius 3 is 2.59 bits per heavy atom. The number of unbranched alkanes of at least 4 members (excludes halogenated alkanes) is 1. The Labute approximate surface area is 153 Å². The summed E-state index contributed by atoms with van der Waals surface area (Å²) in [5.74, 6) is 1.69. The normalized spacial score (nSPS) is 10.7. The van der Waals surface area contributed by atoms with Crippen LogP contribution in [0.5, 0.6) is 11.5 Å². The third-order valence-corrected chi connectivity index (χ3v) is 3.88. The van der Waals surface area contributed by atoms with Crippen molar-refractivity contribution >= 4 is 43.5 Å². The number of ether oxygens (including phenoxy) is 2. The molecule has 1 aromatic rings. The van der Waals surface area contributed by atoms with Crippen molar-refractivity contribution in [1.82, 2.24) is 0 Å². The lowest BCUT2D eigenvalue weighted by Crippen LogP contribution is -2.04. The number of hydrogen-bond acceptors (Lipinski definition) is 3. The van der Waals surface area contributed by atoms with Gasteiger partial charge in [0.2, 0.25) is 0 Å². The molecule has 6 heteroatoms. The molecule has 0 saturated carbocycles. The highest BCUT2D eigenvalue weighted by Gasteiger charge is 2.14. The lowest BCUT2D eigenvalue weighted by atomic mass is 10.0. The maximum atomic E-state index is 8.81. The van der Waals surface area contributed by atoms with E-state index < -0.39 is 0 Å². The molecule has 3 nitrogen and oxygen atoms in total. The number of rotatable bonds is 9. The van der Waals surface area contributed by atoms with E-state index in [1.165, 1.54) is 0 Å². The zero-order valence-electron chi connectivity index (χ0n) is 12.7. The number of aliphatic hydroxyl groups excluding tert-OH is 1. The average Bonchev–Trinajstić information content (AvgIpc) is 2.44. The number of benzene rings is 1. The van der Waals surface area contributed by atoms with Crippen LogP contribution in [0.3, 0.4) is 0 Å². The predicted molar refractivity (Wildman–Crippen MR) is 98.8 cm³/mol. The van der Waals surface area contributed by atoms with E-state index in [0.29, 0.717) is 29.7 Å². The van der Waals surface area contributed by atoms with Crippen LogP contribution in [0.4, 0.5) is 0 Å². The minimum Gasteiger partial charge on any atom is -0.492 e. The van der Waals surface area contributed by atoms with Gasteiger partial charge in [-0.05, 0) is 62.8 Å². The van der Waals surface area contributed by atoms with Crippen LogP contribution < -0.4 is 9.47 Å². The maximum absolute atomic E-state index is 8.81.